The van der Waals surface area contributed by atoms with Gasteiger partial charge in [-0.1, -0.05) is 41.7 Å². The van der Waals surface area contributed by atoms with Crippen molar-refractivity contribution >= 4 is 57.6 Å². The molecule has 0 saturated carbocycles. The van der Waals surface area contributed by atoms with Crippen LogP contribution in [0.15, 0.2) is 29.7 Å². The minimum Gasteiger partial charge on any atom is -0.502 e. The number of thiocarbonyl (C=S) groups is 1. The van der Waals surface area contributed by atoms with Gasteiger partial charge in [0.1, 0.15) is 4.32 Å². The van der Waals surface area contributed by atoms with Crippen molar-refractivity contribution in [3.63, 3.8) is 0 Å². The average Bonchev–Trinajstić information content (AvgIpc) is 2.70. The molecule has 0 atom stereocenters. The summed E-state index contributed by atoms with van der Waals surface area (Å²) in [4.78, 5) is 23.9. The topological polar surface area (TPSA) is 83.7 Å². The molecule has 0 bridgehead atoms. The molecule has 9 heteroatoms. The summed E-state index contributed by atoms with van der Waals surface area (Å²) in [6.07, 6.45) is 2.87. The Morgan fingerprint density at radius 1 is 1.55 bits per heavy atom. The van der Waals surface area contributed by atoms with Crippen molar-refractivity contribution in [3.8, 4) is 5.75 Å². The number of phenolic OH excluding ortho intramolecular Hbond substituents is 1. The van der Waals surface area contributed by atoms with Gasteiger partial charge in [0.2, 0.25) is 5.75 Å². The Morgan fingerprint density at radius 2 is 2.23 bits per heavy atom. The van der Waals surface area contributed by atoms with Gasteiger partial charge in [0.15, 0.2) is 0 Å². The lowest BCUT2D eigenvalue weighted by Gasteiger charge is -2.10. The third-order valence-electron chi connectivity index (χ3n) is 2.75. The van der Waals surface area contributed by atoms with Gasteiger partial charge >= 0.3 is 5.69 Å². The molecule has 2 rings (SSSR count). The largest absolute Gasteiger partial charge is 0.502 e. The van der Waals surface area contributed by atoms with E-state index < -0.39 is 16.4 Å². The summed E-state index contributed by atoms with van der Waals surface area (Å²) in [5.41, 5.74) is -0.446. The third kappa shape index (κ3) is 3.13. The van der Waals surface area contributed by atoms with E-state index in [9.17, 15) is 20.0 Å². The number of halogens is 1. The molecule has 6 nitrogen and oxygen atoms in total. The molecule has 114 valence electrons. The van der Waals surface area contributed by atoms with E-state index in [4.69, 9.17) is 23.8 Å². The summed E-state index contributed by atoms with van der Waals surface area (Å²) in [6.45, 7) is 3.81. The number of rotatable bonds is 4. The maximum absolute atomic E-state index is 12.2. The SMILES string of the molecule is C=CCN1C(=O)/C(=C/c2cc(Cl)cc([N+](=O)[O-])c2O)SC1=S. The van der Waals surface area contributed by atoms with Gasteiger partial charge < -0.3 is 5.11 Å². The van der Waals surface area contributed by atoms with E-state index in [0.29, 0.717) is 4.32 Å². The van der Waals surface area contributed by atoms with Crippen molar-refractivity contribution in [1.29, 1.82) is 0 Å². The highest BCUT2D eigenvalue weighted by atomic mass is 35.5. The Labute approximate surface area is 140 Å². The number of nitro benzene ring substituents is 1. The number of hydrogen-bond acceptors (Lipinski definition) is 6. The number of aromatic hydroxyl groups is 1. The molecule has 1 N–H and O–H groups in total. The molecule has 1 heterocycles. The Hall–Kier alpha value is -1.90. The maximum Gasteiger partial charge on any atom is 0.312 e. The molecule has 0 unspecified atom stereocenters. The first-order valence-corrected chi connectivity index (χ1v) is 7.48. The van der Waals surface area contributed by atoms with E-state index in [-0.39, 0.29) is 27.9 Å². The van der Waals surface area contributed by atoms with Crippen LogP contribution in [0.1, 0.15) is 5.56 Å². The minimum absolute atomic E-state index is 0.0809. The van der Waals surface area contributed by atoms with Gasteiger partial charge in [-0.3, -0.25) is 19.8 Å². The van der Waals surface area contributed by atoms with Crippen molar-refractivity contribution in [2.24, 2.45) is 0 Å². The van der Waals surface area contributed by atoms with Crippen molar-refractivity contribution < 1.29 is 14.8 Å². The number of nitro groups is 1. The van der Waals surface area contributed by atoms with Crippen LogP contribution >= 0.6 is 35.6 Å². The molecule has 1 aliphatic rings. The molecule has 0 radical (unpaired) electrons. The first kappa shape index (κ1) is 16.5. The summed E-state index contributed by atoms with van der Waals surface area (Å²) in [7, 11) is 0. The predicted octanol–water partition coefficient (Wildman–Crippen LogP) is 3.34. The van der Waals surface area contributed by atoms with Crippen LogP contribution in [0.3, 0.4) is 0 Å². The van der Waals surface area contributed by atoms with E-state index in [1.807, 2.05) is 0 Å². The molecule has 1 aromatic carbocycles. The quantitative estimate of drug-likeness (QED) is 0.293. The normalized spacial score (nSPS) is 16.4. The number of nitrogens with zero attached hydrogens (tertiary/aromatic N) is 2. The van der Waals surface area contributed by atoms with Gasteiger partial charge in [0, 0.05) is 23.2 Å². The number of hydrogen-bond donors (Lipinski definition) is 1. The Kier molecular flexibility index (Phi) is 4.84. The minimum atomic E-state index is -0.749. The highest BCUT2D eigenvalue weighted by Gasteiger charge is 2.31. The second kappa shape index (κ2) is 6.47. The average molecular weight is 357 g/mol. The molecule has 1 aliphatic heterocycles. The summed E-state index contributed by atoms with van der Waals surface area (Å²) in [6, 6.07) is 2.38. The fourth-order valence-electron chi connectivity index (χ4n) is 1.78. The van der Waals surface area contributed by atoms with Crippen molar-refractivity contribution in [2.75, 3.05) is 6.54 Å². The van der Waals surface area contributed by atoms with Crippen molar-refractivity contribution in [1.82, 2.24) is 4.90 Å². The number of carbonyl (C=O) groups is 1. The lowest BCUT2D eigenvalue weighted by molar-refractivity contribution is -0.385. The van der Waals surface area contributed by atoms with Crippen LogP contribution < -0.4 is 0 Å². The van der Waals surface area contributed by atoms with E-state index in [2.05, 4.69) is 6.58 Å². The summed E-state index contributed by atoms with van der Waals surface area (Å²) in [5, 5.41) is 20.9. The second-order valence-electron chi connectivity index (χ2n) is 4.20. The van der Waals surface area contributed by atoms with Crippen LogP contribution in [-0.4, -0.2) is 31.7 Å². The molecular formula is C13H9ClN2O4S2. The van der Waals surface area contributed by atoms with Crippen LogP contribution in [0.5, 0.6) is 5.75 Å². The van der Waals surface area contributed by atoms with Crippen molar-refractivity contribution in [2.45, 2.75) is 0 Å². The van der Waals surface area contributed by atoms with E-state index in [1.54, 1.807) is 0 Å². The number of carbonyl (C=O) groups excluding carboxylic acids is 1. The number of thioether (sulfide) groups is 1. The molecule has 1 amide bonds. The molecule has 22 heavy (non-hydrogen) atoms. The van der Waals surface area contributed by atoms with E-state index in [0.717, 1.165) is 17.8 Å². The fourth-order valence-corrected chi connectivity index (χ4v) is 3.27. The predicted molar refractivity (Wildman–Crippen MR) is 89.8 cm³/mol. The van der Waals surface area contributed by atoms with Crippen LogP contribution in [0, 0.1) is 10.1 Å². The zero-order valence-electron chi connectivity index (χ0n) is 11.0. The lowest BCUT2D eigenvalue weighted by Crippen LogP contribution is -2.27. The molecule has 1 fully saturated rings. The number of amides is 1. The highest BCUT2D eigenvalue weighted by molar-refractivity contribution is 8.26. The lowest BCUT2D eigenvalue weighted by atomic mass is 10.1. The molecule has 0 aliphatic carbocycles. The molecule has 1 saturated heterocycles. The first-order chi connectivity index (χ1) is 10.3. The van der Waals surface area contributed by atoms with Crippen LogP contribution in [0.25, 0.3) is 6.08 Å². The monoisotopic (exact) mass is 356 g/mol. The molecule has 1 aromatic rings. The Balaban J connectivity index is 2.46. The first-order valence-electron chi connectivity index (χ1n) is 5.88. The Morgan fingerprint density at radius 3 is 2.82 bits per heavy atom. The molecular weight excluding hydrogens is 348 g/mol. The summed E-state index contributed by atoms with van der Waals surface area (Å²) >= 11 is 11.9. The standard InChI is InChI=1S/C13H9ClN2O4S2/c1-2-3-15-12(18)10(22-13(15)21)5-7-4-8(14)6-9(11(7)17)16(19)20/h2,4-6,17H,1,3H2/b10-5-. The van der Waals surface area contributed by atoms with Crippen molar-refractivity contribution in [3.05, 3.63) is 50.4 Å². The highest BCUT2D eigenvalue weighted by Crippen LogP contribution is 2.38. The van der Waals surface area contributed by atoms with Crippen LogP contribution in [0.2, 0.25) is 5.02 Å². The van der Waals surface area contributed by atoms with E-state index in [1.165, 1.54) is 23.1 Å². The maximum atomic E-state index is 12.2. The smallest absolute Gasteiger partial charge is 0.312 e. The number of phenols is 1. The van der Waals surface area contributed by atoms with Gasteiger partial charge in [-0.05, 0) is 12.1 Å². The second-order valence-corrected chi connectivity index (χ2v) is 6.31. The third-order valence-corrected chi connectivity index (χ3v) is 4.35. The van der Waals surface area contributed by atoms with Crippen LogP contribution in [0.4, 0.5) is 5.69 Å². The zero-order valence-corrected chi connectivity index (χ0v) is 13.4. The van der Waals surface area contributed by atoms with E-state index >= 15 is 0 Å². The summed E-state index contributed by atoms with van der Waals surface area (Å²) < 4.78 is 0.354. The van der Waals surface area contributed by atoms with Gasteiger partial charge in [-0.15, -0.1) is 6.58 Å². The fraction of sp³-hybridized carbons (Fsp3) is 0.0769. The van der Waals surface area contributed by atoms with Gasteiger partial charge in [-0.25, -0.2) is 0 Å². The molecule has 0 aromatic heterocycles. The molecule has 0 spiro atoms. The summed E-state index contributed by atoms with van der Waals surface area (Å²) in [5.74, 6) is -0.902. The van der Waals surface area contributed by atoms with Gasteiger partial charge in [0.25, 0.3) is 5.91 Å². The van der Waals surface area contributed by atoms with Gasteiger partial charge in [0.05, 0.1) is 9.83 Å². The number of benzene rings is 1. The zero-order chi connectivity index (χ0) is 16.4. The van der Waals surface area contributed by atoms with Gasteiger partial charge in [-0.2, -0.15) is 0 Å². The van der Waals surface area contributed by atoms with Crippen LogP contribution in [-0.2, 0) is 4.79 Å². The Bertz CT molecular complexity index is 733.